The topological polar surface area (TPSA) is 65.7 Å². The molecule has 1 aromatic heterocycles. The van der Waals surface area contributed by atoms with Gasteiger partial charge in [-0.25, -0.2) is 4.79 Å². The van der Waals surface area contributed by atoms with Crippen LogP contribution in [0.2, 0.25) is 0 Å². The molecule has 0 atom stereocenters. The summed E-state index contributed by atoms with van der Waals surface area (Å²) in [6.07, 6.45) is 2.30. The van der Waals surface area contributed by atoms with Crippen molar-refractivity contribution in [2.24, 2.45) is 0 Å². The van der Waals surface area contributed by atoms with Crippen LogP contribution in [-0.2, 0) is 6.54 Å². The number of carbonyl (C=O) groups is 1. The average molecular weight is 266 g/mol. The molecule has 1 saturated heterocycles. The van der Waals surface area contributed by atoms with E-state index in [2.05, 4.69) is 17.1 Å². The summed E-state index contributed by atoms with van der Waals surface area (Å²) < 4.78 is 5.27. The van der Waals surface area contributed by atoms with E-state index in [0.29, 0.717) is 11.8 Å². The fourth-order valence-electron chi connectivity index (χ4n) is 2.67. The molecule has 1 aliphatic heterocycles. The Morgan fingerprint density at radius 1 is 1.53 bits per heavy atom. The molecule has 0 saturated carbocycles. The van der Waals surface area contributed by atoms with Crippen LogP contribution in [0.15, 0.2) is 10.5 Å². The van der Waals surface area contributed by atoms with E-state index < -0.39 is 5.97 Å². The van der Waals surface area contributed by atoms with E-state index in [1.807, 2.05) is 6.92 Å². The first-order chi connectivity index (χ1) is 9.11. The number of aromatic carboxylic acids is 1. The van der Waals surface area contributed by atoms with Gasteiger partial charge < -0.3 is 14.8 Å². The highest BCUT2D eigenvalue weighted by atomic mass is 16.4. The molecule has 2 N–H and O–H groups in total. The predicted molar refractivity (Wildman–Crippen MR) is 72.4 cm³/mol. The first-order valence-electron chi connectivity index (χ1n) is 6.89. The van der Waals surface area contributed by atoms with Crippen LogP contribution in [0.1, 0.15) is 41.6 Å². The monoisotopic (exact) mass is 266 g/mol. The van der Waals surface area contributed by atoms with Gasteiger partial charge in [0.15, 0.2) is 0 Å². The number of furan rings is 1. The van der Waals surface area contributed by atoms with Crippen LogP contribution < -0.4 is 5.32 Å². The van der Waals surface area contributed by atoms with E-state index in [1.165, 1.54) is 0 Å². The molecule has 0 spiro atoms. The van der Waals surface area contributed by atoms with Gasteiger partial charge in [0.2, 0.25) is 5.76 Å². The summed E-state index contributed by atoms with van der Waals surface area (Å²) in [6, 6.07) is 2.23. The predicted octanol–water partition coefficient (Wildman–Crippen LogP) is 1.86. The zero-order valence-electron chi connectivity index (χ0n) is 11.6. The fourth-order valence-corrected chi connectivity index (χ4v) is 2.67. The lowest BCUT2D eigenvalue weighted by atomic mass is 10.0. The molecule has 1 fully saturated rings. The second-order valence-electron chi connectivity index (χ2n) is 5.04. The van der Waals surface area contributed by atoms with Crippen LogP contribution in [0.5, 0.6) is 0 Å². The summed E-state index contributed by atoms with van der Waals surface area (Å²) in [5.74, 6) is -0.252. The number of carboxylic acids is 1. The van der Waals surface area contributed by atoms with Crippen molar-refractivity contribution in [2.75, 3.05) is 19.6 Å². The van der Waals surface area contributed by atoms with E-state index in [0.717, 1.165) is 44.6 Å². The number of aryl methyl sites for hydroxylation is 1. The molecule has 0 amide bonds. The molecular formula is C14H22N2O3. The summed E-state index contributed by atoms with van der Waals surface area (Å²) in [7, 11) is 0. The molecule has 1 aromatic rings. The minimum atomic E-state index is -1.00. The highest BCUT2D eigenvalue weighted by molar-refractivity contribution is 5.84. The first kappa shape index (κ1) is 14.1. The normalized spacial score (nSPS) is 17.0. The molecule has 2 heterocycles. The lowest BCUT2D eigenvalue weighted by molar-refractivity contribution is 0.0661. The smallest absolute Gasteiger partial charge is 0.371 e. The van der Waals surface area contributed by atoms with Gasteiger partial charge in [0.1, 0.15) is 5.76 Å². The third kappa shape index (κ3) is 3.36. The second kappa shape index (κ2) is 6.21. The van der Waals surface area contributed by atoms with E-state index >= 15 is 0 Å². The maximum atomic E-state index is 10.9. The fraction of sp³-hybridized carbons (Fsp3) is 0.643. The molecular weight excluding hydrogens is 244 g/mol. The van der Waals surface area contributed by atoms with Crippen LogP contribution in [-0.4, -0.2) is 41.7 Å². The van der Waals surface area contributed by atoms with E-state index in [9.17, 15) is 4.79 Å². The molecule has 0 radical (unpaired) electrons. The van der Waals surface area contributed by atoms with Crippen molar-refractivity contribution in [3.8, 4) is 0 Å². The summed E-state index contributed by atoms with van der Waals surface area (Å²) in [4.78, 5) is 13.3. The Labute approximate surface area is 113 Å². The van der Waals surface area contributed by atoms with Crippen LogP contribution in [0.4, 0.5) is 0 Å². The molecule has 106 valence electrons. The van der Waals surface area contributed by atoms with E-state index in [4.69, 9.17) is 9.52 Å². The van der Waals surface area contributed by atoms with Gasteiger partial charge in [0, 0.05) is 18.2 Å². The van der Waals surface area contributed by atoms with Crippen molar-refractivity contribution in [2.45, 2.75) is 39.3 Å². The Morgan fingerprint density at radius 3 is 2.74 bits per heavy atom. The van der Waals surface area contributed by atoms with Crippen LogP contribution >= 0.6 is 0 Å². The van der Waals surface area contributed by atoms with Crippen LogP contribution in [0.25, 0.3) is 0 Å². The number of carboxylic acid groups (broad SMARTS) is 1. The quantitative estimate of drug-likeness (QED) is 0.851. The van der Waals surface area contributed by atoms with Crippen LogP contribution in [0, 0.1) is 6.92 Å². The molecule has 1 aliphatic rings. The van der Waals surface area contributed by atoms with Crippen molar-refractivity contribution in [1.29, 1.82) is 0 Å². The Morgan fingerprint density at radius 2 is 2.21 bits per heavy atom. The molecule has 5 nitrogen and oxygen atoms in total. The Kier molecular flexibility index (Phi) is 4.61. The zero-order valence-corrected chi connectivity index (χ0v) is 11.6. The van der Waals surface area contributed by atoms with Gasteiger partial charge in [-0.1, -0.05) is 6.92 Å². The third-order valence-electron chi connectivity index (χ3n) is 3.84. The van der Waals surface area contributed by atoms with E-state index in [-0.39, 0.29) is 5.76 Å². The Bertz CT molecular complexity index is 436. The van der Waals surface area contributed by atoms with Crippen molar-refractivity contribution in [3.05, 3.63) is 23.2 Å². The molecule has 0 unspecified atom stereocenters. The zero-order chi connectivity index (χ0) is 13.8. The lowest BCUT2D eigenvalue weighted by Crippen LogP contribution is -2.42. The number of rotatable bonds is 5. The minimum Gasteiger partial charge on any atom is -0.475 e. The van der Waals surface area contributed by atoms with Crippen molar-refractivity contribution in [1.82, 2.24) is 10.2 Å². The largest absolute Gasteiger partial charge is 0.475 e. The van der Waals surface area contributed by atoms with Crippen molar-refractivity contribution >= 4 is 5.97 Å². The van der Waals surface area contributed by atoms with Gasteiger partial charge in [0.25, 0.3) is 0 Å². The second-order valence-corrected chi connectivity index (χ2v) is 5.04. The third-order valence-corrected chi connectivity index (χ3v) is 3.84. The van der Waals surface area contributed by atoms with E-state index in [1.54, 1.807) is 6.07 Å². The number of hydrogen-bond donors (Lipinski definition) is 2. The number of nitrogens with zero attached hydrogens (tertiary/aromatic N) is 1. The van der Waals surface area contributed by atoms with Crippen molar-refractivity contribution < 1.29 is 14.3 Å². The maximum Gasteiger partial charge on any atom is 0.371 e. The molecule has 5 heteroatoms. The molecule has 19 heavy (non-hydrogen) atoms. The first-order valence-corrected chi connectivity index (χ1v) is 6.89. The lowest BCUT2D eigenvalue weighted by Gasteiger charge is -2.33. The van der Waals surface area contributed by atoms with Gasteiger partial charge in [0.05, 0.1) is 0 Å². The minimum absolute atomic E-state index is 0.0360. The van der Waals surface area contributed by atoms with Crippen molar-refractivity contribution in [3.63, 3.8) is 0 Å². The highest BCUT2D eigenvalue weighted by Gasteiger charge is 2.22. The summed E-state index contributed by atoms with van der Waals surface area (Å²) in [5, 5.41) is 12.3. The number of nitrogens with one attached hydrogen (secondary N) is 1. The molecule has 0 bridgehead atoms. The molecule has 2 rings (SSSR count). The average Bonchev–Trinajstić information content (AvgIpc) is 2.78. The Hall–Kier alpha value is -1.33. The van der Waals surface area contributed by atoms with Gasteiger partial charge in [-0.2, -0.15) is 0 Å². The number of piperidine rings is 1. The summed E-state index contributed by atoms with van der Waals surface area (Å²) in [6.45, 7) is 7.84. The standard InChI is InChI=1S/C14H22N2O3/c1-3-16(12-4-6-15-7-5-12)9-11-8-13(14(17)18)19-10(11)2/h8,12,15H,3-7,9H2,1-2H3,(H,17,18). The van der Waals surface area contributed by atoms with Crippen LogP contribution in [0.3, 0.4) is 0 Å². The van der Waals surface area contributed by atoms with Gasteiger partial charge in [-0.05, 0) is 45.5 Å². The maximum absolute atomic E-state index is 10.9. The molecule has 0 aliphatic carbocycles. The van der Waals surface area contributed by atoms with Gasteiger partial charge in [-0.3, -0.25) is 4.90 Å². The highest BCUT2D eigenvalue weighted by Crippen LogP contribution is 2.20. The van der Waals surface area contributed by atoms with Gasteiger partial charge in [-0.15, -0.1) is 0 Å². The van der Waals surface area contributed by atoms with Gasteiger partial charge >= 0.3 is 5.97 Å². The Balaban J connectivity index is 2.06. The molecule has 0 aromatic carbocycles. The summed E-state index contributed by atoms with van der Waals surface area (Å²) >= 11 is 0. The summed E-state index contributed by atoms with van der Waals surface area (Å²) in [5.41, 5.74) is 0.984. The number of hydrogen-bond acceptors (Lipinski definition) is 4. The SMILES string of the molecule is CCN(Cc1cc(C(=O)O)oc1C)C1CCNCC1.